The van der Waals surface area contributed by atoms with Crippen molar-refractivity contribution in [2.45, 2.75) is 19.3 Å². The van der Waals surface area contributed by atoms with Crippen LogP contribution in [-0.4, -0.2) is 41.0 Å². The third kappa shape index (κ3) is 2.58. The number of carbonyl (C=O) groups excluding carboxylic acids is 2. The molecule has 7 nitrogen and oxygen atoms in total. The summed E-state index contributed by atoms with van der Waals surface area (Å²) in [5.74, 6) is -1.74. The maximum atomic E-state index is 11.3. The Labute approximate surface area is 113 Å². The summed E-state index contributed by atoms with van der Waals surface area (Å²) in [6, 6.07) is 0. The van der Waals surface area contributed by atoms with Crippen LogP contribution in [0.15, 0.2) is 5.38 Å². The van der Waals surface area contributed by atoms with Crippen molar-refractivity contribution < 1.29 is 19.5 Å². The average Bonchev–Trinajstić information content (AvgIpc) is 2.76. The normalized spacial score (nSPS) is 16.4. The molecule has 0 aliphatic carbocycles. The fraction of sp³-hybridized carbons (Fsp3) is 0.455. The number of carboxylic acid groups (broad SMARTS) is 1. The van der Waals surface area contributed by atoms with E-state index in [4.69, 9.17) is 5.11 Å². The van der Waals surface area contributed by atoms with Crippen molar-refractivity contribution in [3.05, 3.63) is 11.1 Å². The van der Waals surface area contributed by atoms with E-state index < -0.39 is 11.4 Å². The summed E-state index contributed by atoms with van der Waals surface area (Å²) < 4.78 is 0. The van der Waals surface area contributed by atoms with Gasteiger partial charge in [0.05, 0.1) is 5.69 Å². The Balaban J connectivity index is 2.24. The number of anilines is 1. The first-order valence-corrected chi connectivity index (χ1v) is 6.45. The Morgan fingerprint density at radius 2 is 2.00 bits per heavy atom. The monoisotopic (exact) mass is 283 g/mol. The van der Waals surface area contributed by atoms with Gasteiger partial charge in [-0.15, -0.1) is 11.3 Å². The first-order chi connectivity index (χ1) is 8.80. The van der Waals surface area contributed by atoms with Crippen LogP contribution in [0, 0.1) is 0 Å². The molecule has 1 saturated heterocycles. The summed E-state index contributed by atoms with van der Waals surface area (Å²) in [7, 11) is 0. The van der Waals surface area contributed by atoms with Crippen molar-refractivity contribution >= 4 is 34.3 Å². The minimum atomic E-state index is -1.10. The maximum absolute atomic E-state index is 11.3. The van der Waals surface area contributed by atoms with Crippen LogP contribution in [0.3, 0.4) is 0 Å². The van der Waals surface area contributed by atoms with Gasteiger partial charge in [0.25, 0.3) is 0 Å². The lowest BCUT2D eigenvalue weighted by Crippen LogP contribution is -2.51. The molecule has 0 saturated carbocycles. The van der Waals surface area contributed by atoms with Gasteiger partial charge in [0.1, 0.15) is 18.5 Å². The number of hydrogen-bond donors (Lipinski definition) is 2. The van der Waals surface area contributed by atoms with Gasteiger partial charge >= 0.3 is 5.97 Å². The number of thiazole rings is 1. The molecule has 1 aliphatic heterocycles. The Bertz CT molecular complexity index is 536. The molecule has 1 aliphatic rings. The highest BCUT2D eigenvalue weighted by atomic mass is 32.1. The van der Waals surface area contributed by atoms with E-state index in [0.717, 1.165) is 0 Å². The summed E-state index contributed by atoms with van der Waals surface area (Å²) in [5.41, 5.74) is -0.685. The van der Waals surface area contributed by atoms with Crippen LogP contribution in [0.4, 0.5) is 5.13 Å². The zero-order chi connectivity index (χ0) is 14.2. The lowest BCUT2D eigenvalue weighted by atomic mass is 9.90. The number of nitrogens with zero attached hydrogens (tertiary/aromatic N) is 2. The molecule has 1 aromatic heterocycles. The van der Waals surface area contributed by atoms with Gasteiger partial charge in [0.2, 0.25) is 11.8 Å². The number of aromatic nitrogens is 1. The highest BCUT2D eigenvalue weighted by molar-refractivity contribution is 7.13. The van der Waals surface area contributed by atoms with Crippen LogP contribution >= 0.6 is 11.3 Å². The second kappa shape index (κ2) is 4.61. The van der Waals surface area contributed by atoms with Crippen LogP contribution in [0.1, 0.15) is 19.5 Å². The summed E-state index contributed by atoms with van der Waals surface area (Å²) >= 11 is 1.22. The summed E-state index contributed by atoms with van der Waals surface area (Å²) in [6.45, 7) is 3.21. The van der Waals surface area contributed by atoms with Crippen LogP contribution in [0.5, 0.6) is 0 Å². The van der Waals surface area contributed by atoms with Crippen LogP contribution in [0.2, 0.25) is 0 Å². The average molecular weight is 283 g/mol. The number of nitrogens with one attached hydrogen (secondary N) is 1. The number of rotatable bonds is 3. The number of hydrogen-bond acceptors (Lipinski definition) is 6. The summed E-state index contributed by atoms with van der Waals surface area (Å²) in [6.07, 6.45) is 0. The zero-order valence-electron chi connectivity index (χ0n) is 10.5. The van der Waals surface area contributed by atoms with Crippen LogP contribution in [-0.2, 0) is 19.8 Å². The molecule has 2 N–H and O–H groups in total. The number of amides is 2. The molecule has 19 heavy (non-hydrogen) atoms. The molecule has 102 valence electrons. The van der Waals surface area contributed by atoms with Gasteiger partial charge in [-0.25, -0.2) is 4.98 Å². The van der Waals surface area contributed by atoms with E-state index in [9.17, 15) is 14.4 Å². The van der Waals surface area contributed by atoms with Crippen molar-refractivity contribution in [1.29, 1.82) is 0 Å². The van der Waals surface area contributed by atoms with Crippen LogP contribution in [0.25, 0.3) is 0 Å². The van der Waals surface area contributed by atoms with Gasteiger partial charge in [0.15, 0.2) is 5.13 Å². The summed E-state index contributed by atoms with van der Waals surface area (Å²) in [5, 5.41) is 13.4. The van der Waals surface area contributed by atoms with E-state index in [1.165, 1.54) is 16.2 Å². The van der Waals surface area contributed by atoms with E-state index in [1.807, 2.05) is 0 Å². The van der Waals surface area contributed by atoms with Gasteiger partial charge in [-0.3, -0.25) is 19.7 Å². The molecule has 2 amide bonds. The van der Waals surface area contributed by atoms with Crippen molar-refractivity contribution in [3.63, 3.8) is 0 Å². The number of imide groups is 1. The SMILES string of the molecule is CC(C)(C(=O)O)c1csc(N2CC(=O)NC(=O)C2)n1. The number of carboxylic acids is 1. The minimum absolute atomic E-state index is 0.0478. The quantitative estimate of drug-likeness (QED) is 0.756. The predicted octanol–water partition coefficient (Wildman–Crippen LogP) is -0.0319. The lowest BCUT2D eigenvalue weighted by molar-refractivity contribution is -0.142. The van der Waals surface area contributed by atoms with Gasteiger partial charge in [-0.1, -0.05) is 0 Å². The minimum Gasteiger partial charge on any atom is -0.481 e. The second-order valence-corrected chi connectivity index (χ2v) is 5.61. The van der Waals surface area contributed by atoms with E-state index >= 15 is 0 Å². The standard InChI is InChI=1S/C11H13N3O4S/c1-11(2,9(17)18)6-5-19-10(12-6)14-3-7(15)13-8(16)4-14/h5H,3-4H2,1-2H3,(H,17,18)(H,13,15,16). The Morgan fingerprint density at radius 3 is 2.53 bits per heavy atom. The molecule has 2 rings (SSSR count). The van der Waals surface area contributed by atoms with E-state index in [0.29, 0.717) is 10.8 Å². The Morgan fingerprint density at radius 1 is 1.42 bits per heavy atom. The lowest BCUT2D eigenvalue weighted by Gasteiger charge is -2.24. The van der Waals surface area contributed by atoms with Crippen molar-refractivity contribution in [1.82, 2.24) is 10.3 Å². The highest BCUT2D eigenvalue weighted by Crippen LogP contribution is 2.29. The highest BCUT2D eigenvalue weighted by Gasteiger charge is 2.33. The zero-order valence-corrected chi connectivity index (χ0v) is 11.3. The van der Waals surface area contributed by atoms with Crippen molar-refractivity contribution in [2.75, 3.05) is 18.0 Å². The first kappa shape index (κ1) is 13.5. The molecule has 0 spiro atoms. The third-order valence-electron chi connectivity index (χ3n) is 2.89. The molecule has 0 bridgehead atoms. The van der Waals surface area contributed by atoms with E-state index in [-0.39, 0.29) is 24.9 Å². The fourth-order valence-corrected chi connectivity index (χ4v) is 2.57. The van der Waals surface area contributed by atoms with Gasteiger partial charge in [0, 0.05) is 5.38 Å². The summed E-state index contributed by atoms with van der Waals surface area (Å²) in [4.78, 5) is 39.5. The molecular formula is C11H13N3O4S. The maximum Gasteiger partial charge on any atom is 0.315 e. The third-order valence-corrected chi connectivity index (χ3v) is 3.79. The molecule has 2 heterocycles. The molecule has 0 radical (unpaired) electrons. The van der Waals surface area contributed by atoms with E-state index in [1.54, 1.807) is 19.2 Å². The number of piperazine rings is 1. The number of carbonyl (C=O) groups is 3. The van der Waals surface area contributed by atoms with E-state index in [2.05, 4.69) is 10.3 Å². The topological polar surface area (TPSA) is 99.6 Å². The van der Waals surface area contributed by atoms with Crippen molar-refractivity contribution in [2.24, 2.45) is 0 Å². The molecule has 0 unspecified atom stereocenters. The van der Waals surface area contributed by atoms with Gasteiger partial charge in [-0.2, -0.15) is 0 Å². The number of aliphatic carboxylic acids is 1. The van der Waals surface area contributed by atoms with Crippen molar-refractivity contribution in [3.8, 4) is 0 Å². The Hall–Kier alpha value is -1.96. The molecule has 1 fully saturated rings. The molecule has 0 atom stereocenters. The first-order valence-electron chi connectivity index (χ1n) is 5.57. The largest absolute Gasteiger partial charge is 0.481 e. The molecule has 0 aromatic carbocycles. The molecular weight excluding hydrogens is 270 g/mol. The predicted molar refractivity (Wildman–Crippen MR) is 68.1 cm³/mol. The van der Waals surface area contributed by atoms with Gasteiger partial charge < -0.3 is 10.0 Å². The Kier molecular flexibility index (Phi) is 3.27. The van der Waals surface area contributed by atoms with Crippen LogP contribution < -0.4 is 10.2 Å². The smallest absolute Gasteiger partial charge is 0.315 e. The molecule has 8 heteroatoms. The molecule has 1 aromatic rings. The fourth-order valence-electron chi connectivity index (χ4n) is 1.58. The van der Waals surface area contributed by atoms with Gasteiger partial charge in [-0.05, 0) is 13.8 Å². The second-order valence-electron chi connectivity index (χ2n) is 4.77.